The van der Waals surface area contributed by atoms with Gasteiger partial charge in [0, 0.05) is 23.3 Å². The number of hydrogen-bond donors (Lipinski definition) is 1. The molecule has 0 aliphatic carbocycles. The molecule has 0 bridgehead atoms. The lowest BCUT2D eigenvalue weighted by molar-refractivity contribution is 0.0855. The molecule has 19 heavy (non-hydrogen) atoms. The Morgan fingerprint density at radius 1 is 1.47 bits per heavy atom. The van der Waals surface area contributed by atoms with E-state index in [1.807, 2.05) is 24.3 Å². The summed E-state index contributed by atoms with van der Waals surface area (Å²) in [4.78, 5) is 13.3. The first kappa shape index (κ1) is 14.4. The number of carbonyl (C=O) groups is 1. The Morgan fingerprint density at radius 2 is 2.26 bits per heavy atom. The number of rotatable bonds is 5. The van der Waals surface area contributed by atoms with E-state index in [-0.39, 0.29) is 12.0 Å². The molecule has 0 saturated carbocycles. The number of amides is 1. The van der Waals surface area contributed by atoms with Crippen LogP contribution in [-0.4, -0.2) is 30.4 Å². The van der Waals surface area contributed by atoms with Crippen LogP contribution in [0.3, 0.4) is 0 Å². The Morgan fingerprint density at radius 3 is 2.95 bits per heavy atom. The van der Waals surface area contributed by atoms with Crippen molar-refractivity contribution in [3.63, 3.8) is 0 Å². The molecule has 1 atom stereocenters. The van der Waals surface area contributed by atoms with E-state index in [9.17, 15) is 4.79 Å². The quantitative estimate of drug-likeness (QED) is 0.842. The Kier molecular flexibility index (Phi) is 5.28. The monoisotopic (exact) mass is 279 g/mol. The van der Waals surface area contributed by atoms with Gasteiger partial charge < -0.3 is 10.1 Å². The van der Waals surface area contributed by atoms with Crippen LogP contribution in [0.15, 0.2) is 29.2 Å². The third-order valence-corrected chi connectivity index (χ3v) is 4.09. The van der Waals surface area contributed by atoms with Crippen LogP contribution in [0.25, 0.3) is 0 Å². The van der Waals surface area contributed by atoms with E-state index >= 15 is 0 Å². The van der Waals surface area contributed by atoms with E-state index in [2.05, 4.69) is 19.2 Å². The number of hydrogen-bond acceptors (Lipinski definition) is 3. The van der Waals surface area contributed by atoms with Crippen molar-refractivity contribution in [3.05, 3.63) is 29.8 Å². The molecule has 1 aliphatic rings. The van der Waals surface area contributed by atoms with Crippen LogP contribution < -0.4 is 5.32 Å². The molecule has 2 rings (SSSR count). The van der Waals surface area contributed by atoms with E-state index in [1.165, 1.54) is 0 Å². The van der Waals surface area contributed by atoms with E-state index in [0.717, 1.165) is 29.9 Å². The number of carbonyl (C=O) groups excluding carboxylic acids is 1. The van der Waals surface area contributed by atoms with Gasteiger partial charge in [-0.25, -0.2) is 0 Å². The summed E-state index contributed by atoms with van der Waals surface area (Å²) in [5.41, 5.74) is 0.763. The van der Waals surface area contributed by atoms with Crippen molar-refractivity contribution in [1.29, 1.82) is 0 Å². The van der Waals surface area contributed by atoms with Gasteiger partial charge in [-0.05, 0) is 25.0 Å². The number of nitrogens with one attached hydrogen (secondary N) is 1. The molecule has 1 aliphatic heterocycles. The zero-order chi connectivity index (χ0) is 13.7. The fourth-order valence-electron chi connectivity index (χ4n) is 2.12. The summed E-state index contributed by atoms with van der Waals surface area (Å²) in [5.74, 6) is -0.000694. The SMILES string of the molecule is CC(C)Sc1ccccc1C(=O)NC[C@@H]1CCCO1. The van der Waals surface area contributed by atoms with Gasteiger partial charge in [0.2, 0.25) is 0 Å². The minimum absolute atomic E-state index is 0.000694. The molecule has 0 aromatic heterocycles. The van der Waals surface area contributed by atoms with Crippen molar-refractivity contribution in [1.82, 2.24) is 5.32 Å². The Balaban J connectivity index is 1.97. The van der Waals surface area contributed by atoms with Gasteiger partial charge >= 0.3 is 0 Å². The van der Waals surface area contributed by atoms with Gasteiger partial charge in [0.15, 0.2) is 0 Å². The molecule has 4 heteroatoms. The lowest BCUT2D eigenvalue weighted by Gasteiger charge is -2.13. The molecular weight excluding hydrogens is 258 g/mol. The van der Waals surface area contributed by atoms with Crippen molar-refractivity contribution >= 4 is 17.7 Å². The smallest absolute Gasteiger partial charge is 0.252 e. The maximum atomic E-state index is 12.2. The van der Waals surface area contributed by atoms with Crippen molar-refractivity contribution in [2.45, 2.75) is 42.9 Å². The van der Waals surface area contributed by atoms with Gasteiger partial charge in [-0.15, -0.1) is 11.8 Å². The van der Waals surface area contributed by atoms with Crippen LogP contribution >= 0.6 is 11.8 Å². The van der Waals surface area contributed by atoms with Crippen molar-refractivity contribution in [2.75, 3.05) is 13.2 Å². The van der Waals surface area contributed by atoms with Gasteiger partial charge in [0.05, 0.1) is 11.7 Å². The van der Waals surface area contributed by atoms with Crippen LogP contribution in [-0.2, 0) is 4.74 Å². The largest absolute Gasteiger partial charge is 0.376 e. The molecule has 1 aromatic carbocycles. The minimum Gasteiger partial charge on any atom is -0.376 e. The summed E-state index contributed by atoms with van der Waals surface area (Å²) in [6.45, 7) is 5.69. The molecule has 0 unspecified atom stereocenters. The highest BCUT2D eigenvalue weighted by Crippen LogP contribution is 2.26. The first-order chi connectivity index (χ1) is 9.16. The van der Waals surface area contributed by atoms with Crippen LogP contribution in [0.1, 0.15) is 37.0 Å². The van der Waals surface area contributed by atoms with E-state index in [1.54, 1.807) is 11.8 Å². The summed E-state index contributed by atoms with van der Waals surface area (Å²) in [6.07, 6.45) is 2.33. The molecule has 1 saturated heterocycles. The predicted molar refractivity (Wildman–Crippen MR) is 78.7 cm³/mol. The zero-order valence-corrected chi connectivity index (χ0v) is 12.3. The van der Waals surface area contributed by atoms with Crippen LogP contribution in [0.2, 0.25) is 0 Å². The molecule has 1 aromatic rings. The van der Waals surface area contributed by atoms with Crippen LogP contribution in [0.4, 0.5) is 0 Å². The summed E-state index contributed by atoms with van der Waals surface area (Å²) in [6, 6.07) is 7.77. The van der Waals surface area contributed by atoms with Crippen LogP contribution in [0.5, 0.6) is 0 Å². The Bertz CT molecular complexity index is 428. The lowest BCUT2D eigenvalue weighted by atomic mass is 10.2. The zero-order valence-electron chi connectivity index (χ0n) is 11.5. The van der Waals surface area contributed by atoms with Crippen molar-refractivity contribution in [3.8, 4) is 0 Å². The topological polar surface area (TPSA) is 38.3 Å². The number of thioether (sulfide) groups is 1. The second-order valence-electron chi connectivity index (χ2n) is 5.01. The average Bonchev–Trinajstić information content (AvgIpc) is 2.89. The first-order valence-corrected chi connectivity index (χ1v) is 7.70. The highest BCUT2D eigenvalue weighted by Gasteiger charge is 2.18. The highest BCUT2D eigenvalue weighted by molar-refractivity contribution is 8.00. The van der Waals surface area contributed by atoms with E-state index in [0.29, 0.717) is 11.8 Å². The molecule has 1 fully saturated rings. The maximum Gasteiger partial charge on any atom is 0.252 e. The van der Waals surface area contributed by atoms with Crippen LogP contribution in [0, 0.1) is 0 Å². The van der Waals surface area contributed by atoms with Gasteiger partial charge in [-0.2, -0.15) is 0 Å². The Labute approximate surface area is 119 Å². The van der Waals surface area contributed by atoms with Gasteiger partial charge in [0.25, 0.3) is 5.91 Å². The van der Waals surface area contributed by atoms with Gasteiger partial charge in [-0.1, -0.05) is 26.0 Å². The molecule has 3 nitrogen and oxygen atoms in total. The Hall–Kier alpha value is -1.00. The minimum atomic E-state index is -0.000694. The molecule has 0 spiro atoms. The summed E-state index contributed by atoms with van der Waals surface area (Å²) in [7, 11) is 0. The maximum absolute atomic E-state index is 12.2. The lowest BCUT2D eigenvalue weighted by Crippen LogP contribution is -2.32. The summed E-state index contributed by atoms with van der Waals surface area (Å²) in [5, 5.41) is 3.44. The van der Waals surface area contributed by atoms with Crippen molar-refractivity contribution in [2.24, 2.45) is 0 Å². The van der Waals surface area contributed by atoms with E-state index < -0.39 is 0 Å². The molecule has 1 heterocycles. The molecular formula is C15H21NO2S. The molecule has 1 N–H and O–H groups in total. The third-order valence-electron chi connectivity index (χ3n) is 3.01. The van der Waals surface area contributed by atoms with Crippen molar-refractivity contribution < 1.29 is 9.53 Å². The highest BCUT2D eigenvalue weighted by atomic mass is 32.2. The predicted octanol–water partition coefficient (Wildman–Crippen LogP) is 3.10. The van der Waals surface area contributed by atoms with Gasteiger partial charge in [-0.3, -0.25) is 4.79 Å². The summed E-state index contributed by atoms with van der Waals surface area (Å²) < 4.78 is 5.51. The molecule has 104 valence electrons. The fourth-order valence-corrected chi connectivity index (χ4v) is 3.07. The average molecular weight is 279 g/mol. The molecule has 1 amide bonds. The van der Waals surface area contributed by atoms with E-state index in [4.69, 9.17) is 4.74 Å². The standard InChI is InChI=1S/C15H21NO2S/c1-11(2)19-14-8-4-3-7-13(14)15(17)16-10-12-6-5-9-18-12/h3-4,7-8,11-12H,5-6,9-10H2,1-2H3,(H,16,17)/t12-/m0/s1. The normalized spacial score (nSPS) is 18.8. The molecule has 0 radical (unpaired) electrons. The first-order valence-electron chi connectivity index (χ1n) is 6.82. The summed E-state index contributed by atoms with van der Waals surface area (Å²) >= 11 is 1.72. The third kappa shape index (κ3) is 4.25. The number of ether oxygens (including phenoxy) is 1. The second-order valence-corrected chi connectivity index (χ2v) is 6.63. The van der Waals surface area contributed by atoms with Gasteiger partial charge in [0.1, 0.15) is 0 Å². The second kappa shape index (κ2) is 6.96. The number of benzene rings is 1. The fraction of sp³-hybridized carbons (Fsp3) is 0.533.